The minimum absolute atomic E-state index is 0.0384. The van der Waals surface area contributed by atoms with Crippen LogP contribution >= 0.6 is 22.9 Å². The van der Waals surface area contributed by atoms with Gasteiger partial charge in [-0.05, 0) is 30.2 Å². The number of aromatic carboxylic acids is 1. The van der Waals surface area contributed by atoms with Crippen LogP contribution in [0.2, 0.25) is 5.02 Å². The zero-order valence-electron chi connectivity index (χ0n) is 14.4. The number of carboxylic acids is 1. The van der Waals surface area contributed by atoms with Crippen LogP contribution in [-0.4, -0.2) is 17.2 Å². The maximum Gasteiger partial charge on any atom is 0.412 e. The highest BCUT2D eigenvalue weighted by Crippen LogP contribution is 2.40. The van der Waals surface area contributed by atoms with E-state index in [2.05, 4.69) is 5.32 Å². The van der Waals surface area contributed by atoms with Gasteiger partial charge in [0.2, 0.25) is 0 Å². The molecule has 5 nitrogen and oxygen atoms in total. The molecule has 3 rings (SSSR count). The summed E-state index contributed by atoms with van der Waals surface area (Å²) in [6.45, 7) is 1.91. The SMILES string of the molecule is Cc1sc(NC(=O)OCc2ccccc2)c(C(=O)O)c1-c1ccc(Cl)cc1. The number of hydrogen-bond acceptors (Lipinski definition) is 4. The summed E-state index contributed by atoms with van der Waals surface area (Å²) in [7, 11) is 0. The molecule has 0 atom stereocenters. The Morgan fingerprint density at radius 3 is 2.41 bits per heavy atom. The van der Waals surface area contributed by atoms with Crippen molar-refractivity contribution < 1.29 is 19.4 Å². The molecule has 27 heavy (non-hydrogen) atoms. The summed E-state index contributed by atoms with van der Waals surface area (Å²) in [6, 6.07) is 16.1. The average molecular weight is 402 g/mol. The Bertz CT molecular complexity index is 968. The standard InChI is InChI=1S/C20H16ClNO4S/c1-12-16(14-7-9-15(21)10-8-14)17(19(23)24)18(27-12)22-20(25)26-11-13-5-3-2-4-6-13/h2-10H,11H2,1H3,(H,22,25)(H,23,24). The van der Waals surface area contributed by atoms with Gasteiger partial charge in [-0.1, -0.05) is 54.1 Å². The first-order chi connectivity index (χ1) is 13.0. The second kappa shape index (κ2) is 8.24. The van der Waals surface area contributed by atoms with Gasteiger partial charge >= 0.3 is 12.1 Å². The van der Waals surface area contributed by atoms with Crippen LogP contribution in [0.1, 0.15) is 20.8 Å². The van der Waals surface area contributed by atoms with Crippen LogP contribution in [0.4, 0.5) is 9.80 Å². The summed E-state index contributed by atoms with van der Waals surface area (Å²) in [5, 5.41) is 13.0. The highest BCUT2D eigenvalue weighted by molar-refractivity contribution is 7.17. The van der Waals surface area contributed by atoms with E-state index in [1.165, 1.54) is 11.3 Å². The second-order valence-electron chi connectivity index (χ2n) is 5.74. The van der Waals surface area contributed by atoms with Gasteiger partial charge in [-0.2, -0.15) is 0 Å². The van der Waals surface area contributed by atoms with Crippen molar-refractivity contribution in [3.05, 3.63) is 75.6 Å². The van der Waals surface area contributed by atoms with Crippen molar-refractivity contribution in [2.45, 2.75) is 13.5 Å². The molecule has 0 fully saturated rings. The van der Waals surface area contributed by atoms with E-state index < -0.39 is 12.1 Å². The van der Waals surface area contributed by atoms with Crippen molar-refractivity contribution in [2.24, 2.45) is 0 Å². The maximum atomic E-state index is 12.1. The number of carboxylic acid groups (broad SMARTS) is 1. The molecule has 0 aliphatic carbocycles. The minimum Gasteiger partial charge on any atom is -0.478 e. The number of carbonyl (C=O) groups is 2. The molecule has 1 aromatic heterocycles. The number of anilines is 1. The molecule has 138 valence electrons. The van der Waals surface area contributed by atoms with Gasteiger partial charge in [0.05, 0.1) is 0 Å². The van der Waals surface area contributed by atoms with E-state index in [0.29, 0.717) is 10.6 Å². The molecule has 0 aliphatic rings. The minimum atomic E-state index is -1.12. The van der Waals surface area contributed by atoms with Gasteiger partial charge in [-0.3, -0.25) is 5.32 Å². The van der Waals surface area contributed by atoms with Gasteiger partial charge in [0, 0.05) is 15.5 Å². The fourth-order valence-corrected chi connectivity index (χ4v) is 3.83. The summed E-state index contributed by atoms with van der Waals surface area (Å²) in [4.78, 5) is 24.7. The van der Waals surface area contributed by atoms with Crippen molar-refractivity contribution in [1.29, 1.82) is 0 Å². The van der Waals surface area contributed by atoms with Gasteiger partial charge in [-0.25, -0.2) is 9.59 Å². The van der Waals surface area contributed by atoms with Crippen LogP contribution in [0.25, 0.3) is 11.1 Å². The Morgan fingerprint density at radius 1 is 1.11 bits per heavy atom. The quantitative estimate of drug-likeness (QED) is 0.564. The third-order valence-corrected chi connectivity index (χ3v) is 5.13. The molecule has 1 heterocycles. The van der Waals surface area contributed by atoms with Crippen molar-refractivity contribution in [1.82, 2.24) is 0 Å². The van der Waals surface area contributed by atoms with E-state index >= 15 is 0 Å². The lowest BCUT2D eigenvalue weighted by atomic mass is 10.0. The Morgan fingerprint density at radius 2 is 1.78 bits per heavy atom. The predicted octanol–water partition coefficient (Wildman–Crippen LogP) is 5.82. The van der Waals surface area contributed by atoms with Gasteiger partial charge in [0.25, 0.3) is 0 Å². The highest BCUT2D eigenvalue weighted by Gasteiger charge is 2.24. The van der Waals surface area contributed by atoms with Gasteiger partial charge in [0.15, 0.2) is 0 Å². The number of carbonyl (C=O) groups excluding carboxylic acids is 1. The molecule has 0 radical (unpaired) electrons. The molecule has 0 unspecified atom stereocenters. The normalized spacial score (nSPS) is 10.4. The Kier molecular flexibility index (Phi) is 5.78. The van der Waals surface area contributed by atoms with E-state index in [9.17, 15) is 14.7 Å². The van der Waals surface area contributed by atoms with Crippen LogP contribution in [0.3, 0.4) is 0 Å². The first kappa shape index (κ1) is 18.9. The molecule has 3 aromatic rings. The number of rotatable bonds is 5. The molecule has 7 heteroatoms. The first-order valence-corrected chi connectivity index (χ1v) is 9.25. The Hall–Kier alpha value is -2.83. The fourth-order valence-electron chi connectivity index (χ4n) is 2.65. The fraction of sp³-hybridized carbons (Fsp3) is 0.100. The van der Waals surface area contributed by atoms with Crippen molar-refractivity contribution >= 4 is 40.0 Å². The molecular weight excluding hydrogens is 386 g/mol. The largest absolute Gasteiger partial charge is 0.478 e. The number of hydrogen-bond donors (Lipinski definition) is 2. The third-order valence-electron chi connectivity index (χ3n) is 3.86. The topological polar surface area (TPSA) is 75.6 Å². The van der Waals surface area contributed by atoms with Gasteiger partial charge in [-0.15, -0.1) is 11.3 Å². The third kappa shape index (κ3) is 4.48. The Labute approximate surface area is 165 Å². The number of halogens is 1. The number of nitrogens with one attached hydrogen (secondary N) is 1. The highest BCUT2D eigenvalue weighted by atomic mass is 35.5. The van der Waals surface area contributed by atoms with E-state index in [1.54, 1.807) is 24.3 Å². The average Bonchev–Trinajstić information content (AvgIpc) is 2.97. The molecule has 0 bridgehead atoms. The van der Waals surface area contributed by atoms with Crippen LogP contribution < -0.4 is 5.32 Å². The second-order valence-corrected chi connectivity index (χ2v) is 7.40. The monoisotopic (exact) mass is 401 g/mol. The number of benzene rings is 2. The number of amides is 1. The zero-order chi connectivity index (χ0) is 19.4. The number of ether oxygens (including phenoxy) is 1. The molecule has 1 amide bonds. The van der Waals surface area contributed by atoms with Crippen LogP contribution in [-0.2, 0) is 11.3 Å². The summed E-state index contributed by atoms with van der Waals surface area (Å²) in [6.07, 6.45) is -0.703. The van der Waals surface area contributed by atoms with Crippen molar-refractivity contribution in [3.8, 4) is 11.1 Å². The van der Waals surface area contributed by atoms with Crippen molar-refractivity contribution in [3.63, 3.8) is 0 Å². The van der Waals surface area contributed by atoms with E-state index in [1.807, 2.05) is 37.3 Å². The summed E-state index contributed by atoms with van der Waals surface area (Å²) in [5.74, 6) is -1.12. The van der Waals surface area contributed by atoms with E-state index in [-0.39, 0.29) is 17.2 Å². The smallest absolute Gasteiger partial charge is 0.412 e. The summed E-state index contributed by atoms with van der Waals surface area (Å²) < 4.78 is 5.18. The maximum absolute atomic E-state index is 12.1. The Balaban J connectivity index is 1.83. The molecule has 0 aliphatic heterocycles. The molecular formula is C20H16ClNO4S. The molecule has 2 N–H and O–H groups in total. The summed E-state index contributed by atoms with van der Waals surface area (Å²) in [5.41, 5.74) is 2.16. The van der Waals surface area contributed by atoms with Crippen LogP contribution in [0.15, 0.2) is 54.6 Å². The number of aryl methyl sites for hydroxylation is 1. The summed E-state index contributed by atoms with van der Waals surface area (Å²) >= 11 is 7.11. The van der Waals surface area contributed by atoms with Crippen LogP contribution in [0, 0.1) is 6.92 Å². The lowest BCUT2D eigenvalue weighted by Gasteiger charge is -2.07. The number of thiophene rings is 1. The predicted molar refractivity (Wildman–Crippen MR) is 107 cm³/mol. The lowest BCUT2D eigenvalue weighted by Crippen LogP contribution is -2.14. The lowest BCUT2D eigenvalue weighted by molar-refractivity contribution is 0.0699. The molecule has 0 saturated carbocycles. The van der Waals surface area contributed by atoms with E-state index in [4.69, 9.17) is 16.3 Å². The zero-order valence-corrected chi connectivity index (χ0v) is 15.9. The van der Waals surface area contributed by atoms with E-state index in [0.717, 1.165) is 16.0 Å². The molecule has 2 aromatic carbocycles. The first-order valence-electron chi connectivity index (χ1n) is 8.06. The molecule has 0 spiro atoms. The van der Waals surface area contributed by atoms with Crippen molar-refractivity contribution in [2.75, 3.05) is 5.32 Å². The van der Waals surface area contributed by atoms with Gasteiger partial charge in [0.1, 0.15) is 17.2 Å². The molecule has 0 saturated heterocycles. The van der Waals surface area contributed by atoms with Crippen LogP contribution in [0.5, 0.6) is 0 Å². The van der Waals surface area contributed by atoms with Gasteiger partial charge < -0.3 is 9.84 Å².